The fraction of sp³-hybridized carbons (Fsp3) is 0.421. The SMILES string of the molecule is O=C(NCCN1CCOCC1)c1cc(Nc2ccc3c(c2)OCCO3)ncn1. The number of amides is 1. The molecule has 0 bridgehead atoms. The number of aromatic nitrogens is 2. The highest BCUT2D eigenvalue weighted by Gasteiger charge is 2.14. The molecular weight excluding hydrogens is 362 g/mol. The molecule has 4 rings (SSSR count). The van der Waals surface area contributed by atoms with E-state index >= 15 is 0 Å². The third-order valence-electron chi connectivity index (χ3n) is 4.53. The predicted octanol–water partition coefficient (Wildman–Crippen LogP) is 1.05. The number of hydrogen-bond acceptors (Lipinski definition) is 8. The highest BCUT2D eigenvalue weighted by molar-refractivity contribution is 5.92. The molecule has 9 heteroatoms. The minimum atomic E-state index is -0.221. The number of hydrogen-bond donors (Lipinski definition) is 2. The summed E-state index contributed by atoms with van der Waals surface area (Å²) in [5, 5.41) is 6.07. The van der Waals surface area contributed by atoms with Crippen LogP contribution in [0.3, 0.4) is 0 Å². The maximum atomic E-state index is 12.4. The van der Waals surface area contributed by atoms with Crippen molar-refractivity contribution in [3.8, 4) is 11.5 Å². The first-order valence-corrected chi connectivity index (χ1v) is 9.35. The van der Waals surface area contributed by atoms with E-state index in [0.29, 0.717) is 37.0 Å². The van der Waals surface area contributed by atoms with Gasteiger partial charge in [0, 0.05) is 44.0 Å². The summed E-state index contributed by atoms with van der Waals surface area (Å²) in [6, 6.07) is 7.19. The first-order valence-electron chi connectivity index (χ1n) is 9.35. The Morgan fingerprint density at radius 2 is 1.86 bits per heavy atom. The van der Waals surface area contributed by atoms with Crippen molar-refractivity contribution in [2.45, 2.75) is 0 Å². The van der Waals surface area contributed by atoms with E-state index in [2.05, 4.69) is 25.5 Å². The van der Waals surface area contributed by atoms with Crippen LogP contribution in [0.2, 0.25) is 0 Å². The molecule has 28 heavy (non-hydrogen) atoms. The van der Waals surface area contributed by atoms with Crippen molar-refractivity contribution in [2.75, 3.05) is 57.9 Å². The Balaban J connectivity index is 1.34. The van der Waals surface area contributed by atoms with Crippen molar-refractivity contribution < 1.29 is 19.0 Å². The first kappa shape index (κ1) is 18.5. The second-order valence-corrected chi connectivity index (χ2v) is 6.48. The van der Waals surface area contributed by atoms with Crippen molar-refractivity contribution in [3.05, 3.63) is 36.3 Å². The van der Waals surface area contributed by atoms with Gasteiger partial charge < -0.3 is 24.8 Å². The summed E-state index contributed by atoms with van der Waals surface area (Å²) in [5.41, 5.74) is 1.11. The van der Waals surface area contributed by atoms with E-state index < -0.39 is 0 Å². The maximum absolute atomic E-state index is 12.4. The van der Waals surface area contributed by atoms with Crippen LogP contribution >= 0.6 is 0 Å². The average Bonchev–Trinajstić information content (AvgIpc) is 2.74. The molecule has 0 radical (unpaired) electrons. The molecule has 2 N–H and O–H groups in total. The molecule has 1 aromatic heterocycles. The number of benzene rings is 1. The number of nitrogens with one attached hydrogen (secondary N) is 2. The molecule has 2 aliphatic rings. The van der Waals surface area contributed by atoms with E-state index in [0.717, 1.165) is 44.3 Å². The van der Waals surface area contributed by atoms with E-state index in [-0.39, 0.29) is 5.91 Å². The molecule has 0 unspecified atom stereocenters. The fourth-order valence-electron chi connectivity index (χ4n) is 3.06. The van der Waals surface area contributed by atoms with Gasteiger partial charge in [0.2, 0.25) is 0 Å². The Labute approximate surface area is 163 Å². The van der Waals surface area contributed by atoms with E-state index in [1.54, 1.807) is 6.07 Å². The second kappa shape index (κ2) is 8.85. The molecular formula is C19H23N5O4. The van der Waals surface area contributed by atoms with Crippen LogP contribution in [0, 0.1) is 0 Å². The number of anilines is 2. The van der Waals surface area contributed by atoms with Crippen molar-refractivity contribution in [1.82, 2.24) is 20.2 Å². The minimum Gasteiger partial charge on any atom is -0.486 e. The van der Waals surface area contributed by atoms with Crippen LogP contribution in [-0.2, 0) is 4.74 Å². The largest absolute Gasteiger partial charge is 0.486 e. The number of carbonyl (C=O) groups is 1. The lowest BCUT2D eigenvalue weighted by Gasteiger charge is -2.26. The topological polar surface area (TPSA) is 97.8 Å². The summed E-state index contributed by atoms with van der Waals surface area (Å²) in [7, 11) is 0. The Hall–Kier alpha value is -2.91. The number of ether oxygens (including phenoxy) is 3. The van der Waals surface area contributed by atoms with Crippen molar-refractivity contribution in [1.29, 1.82) is 0 Å². The third-order valence-corrected chi connectivity index (χ3v) is 4.53. The second-order valence-electron chi connectivity index (χ2n) is 6.48. The number of fused-ring (bicyclic) bond motifs is 1. The lowest BCUT2D eigenvalue weighted by atomic mass is 10.2. The molecule has 2 aromatic rings. The molecule has 148 valence electrons. The summed E-state index contributed by atoms with van der Waals surface area (Å²) < 4.78 is 16.4. The summed E-state index contributed by atoms with van der Waals surface area (Å²) >= 11 is 0. The molecule has 9 nitrogen and oxygen atoms in total. The zero-order valence-electron chi connectivity index (χ0n) is 15.5. The van der Waals surface area contributed by atoms with Gasteiger partial charge in [0.25, 0.3) is 5.91 Å². The van der Waals surface area contributed by atoms with E-state index in [9.17, 15) is 4.79 Å². The van der Waals surface area contributed by atoms with Gasteiger partial charge in [-0.25, -0.2) is 9.97 Å². The van der Waals surface area contributed by atoms with Gasteiger partial charge in [-0.15, -0.1) is 0 Å². The summed E-state index contributed by atoms with van der Waals surface area (Å²) in [4.78, 5) is 22.9. The maximum Gasteiger partial charge on any atom is 0.270 e. The van der Waals surface area contributed by atoms with Crippen LogP contribution in [0.5, 0.6) is 11.5 Å². The predicted molar refractivity (Wildman–Crippen MR) is 102 cm³/mol. The molecule has 3 heterocycles. The van der Waals surface area contributed by atoms with Crippen LogP contribution in [-0.4, -0.2) is 73.4 Å². The fourth-order valence-corrected chi connectivity index (χ4v) is 3.06. The van der Waals surface area contributed by atoms with Crippen molar-refractivity contribution >= 4 is 17.4 Å². The minimum absolute atomic E-state index is 0.221. The Morgan fingerprint density at radius 3 is 2.71 bits per heavy atom. The summed E-state index contributed by atoms with van der Waals surface area (Å²) in [6.45, 7) is 5.72. The summed E-state index contributed by atoms with van der Waals surface area (Å²) in [6.07, 6.45) is 1.37. The van der Waals surface area contributed by atoms with E-state index in [1.807, 2.05) is 18.2 Å². The Bertz CT molecular complexity index is 826. The zero-order valence-corrected chi connectivity index (χ0v) is 15.5. The van der Waals surface area contributed by atoms with Gasteiger partial charge in [0.05, 0.1) is 13.2 Å². The monoisotopic (exact) mass is 385 g/mol. The third kappa shape index (κ3) is 4.68. The number of nitrogens with zero attached hydrogens (tertiary/aromatic N) is 3. The Kier molecular flexibility index (Phi) is 5.83. The summed E-state index contributed by atoms with van der Waals surface area (Å²) in [5.74, 6) is 1.72. The van der Waals surface area contributed by atoms with Gasteiger partial charge in [-0.2, -0.15) is 0 Å². The lowest BCUT2D eigenvalue weighted by molar-refractivity contribution is 0.0383. The van der Waals surface area contributed by atoms with Crippen LogP contribution in [0.4, 0.5) is 11.5 Å². The normalized spacial score (nSPS) is 16.4. The van der Waals surface area contributed by atoms with Crippen LogP contribution in [0.25, 0.3) is 0 Å². The molecule has 1 fully saturated rings. The van der Waals surface area contributed by atoms with Crippen molar-refractivity contribution in [2.24, 2.45) is 0 Å². The number of rotatable bonds is 6. The molecule has 1 amide bonds. The van der Waals surface area contributed by atoms with E-state index in [1.165, 1.54) is 6.33 Å². The molecule has 1 aromatic carbocycles. The standard InChI is InChI=1S/C19H23N5O4/c25-19(20-3-4-24-5-7-26-8-6-24)15-12-18(22-13-21-15)23-14-1-2-16-17(11-14)28-10-9-27-16/h1-2,11-13H,3-10H2,(H,20,25)(H,21,22,23). The van der Waals surface area contributed by atoms with Gasteiger partial charge in [0.15, 0.2) is 11.5 Å². The van der Waals surface area contributed by atoms with Gasteiger partial charge in [0.1, 0.15) is 31.1 Å². The highest BCUT2D eigenvalue weighted by atomic mass is 16.6. The van der Waals surface area contributed by atoms with Crippen LogP contribution in [0.1, 0.15) is 10.5 Å². The van der Waals surface area contributed by atoms with Crippen LogP contribution < -0.4 is 20.1 Å². The van der Waals surface area contributed by atoms with Gasteiger partial charge in [-0.05, 0) is 12.1 Å². The quantitative estimate of drug-likeness (QED) is 0.762. The molecule has 2 aliphatic heterocycles. The lowest BCUT2D eigenvalue weighted by Crippen LogP contribution is -2.41. The Morgan fingerprint density at radius 1 is 1.04 bits per heavy atom. The zero-order chi connectivity index (χ0) is 19.2. The smallest absolute Gasteiger partial charge is 0.270 e. The molecule has 0 atom stereocenters. The van der Waals surface area contributed by atoms with Crippen LogP contribution in [0.15, 0.2) is 30.6 Å². The van der Waals surface area contributed by atoms with Gasteiger partial charge in [-0.3, -0.25) is 9.69 Å². The van der Waals surface area contributed by atoms with Gasteiger partial charge >= 0.3 is 0 Å². The molecule has 1 saturated heterocycles. The van der Waals surface area contributed by atoms with Gasteiger partial charge in [-0.1, -0.05) is 0 Å². The molecule has 0 saturated carbocycles. The number of carbonyl (C=O) groups excluding carboxylic acids is 1. The molecule has 0 aliphatic carbocycles. The molecule has 0 spiro atoms. The van der Waals surface area contributed by atoms with E-state index in [4.69, 9.17) is 14.2 Å². The highest BCUT2D eigenvalue weighted by Crippen LogP contribution is 2.33. The van der Waals surface area contributed by atoms with Crippen molar-refractivity contribution in [3.63, 3.8) is 0 Å². The average molecular weight is 385 g/mol. The number of morpholine rings is 1. The first-order chi connectivity index (χ1) is 13.8.